The molecule has 2 unspecified atom stereocenters. The molecule has 4 nitrogen and oxygen atoms in total. The first-order valence-electron chi connectivity index (χ1n) is 8.51. The molecule has 2 rings (SSSR count). The van der Waals surface area contributed by atoms with Gasteiger partial charge < -0.3 is 5.11 Å². The van der Waals surface area contributed by atoms with E-state index in [1.54, 1.807) is 0 Å². The predicted octanol–water partition coefficient (Wildman–Crippen LogP) is 2.43. The Hall–Kier alpha value is -0.910. The predicted molar refractivity (Wildman–Crippen MR) is 94.3 cm³/mol. The normalized spacial score (nSPS) is 19.6. The Morgan fingerprint density at radius 2 is 2.09 bits per heavy atom. The first-order valence-corrected chi connectivity index (χ1v) is 10.6. The number of sulfone groups is 1. The third-order valence-electron chi connectivity index (χ3n) is 4.52. The van der Waals surface area contributed by atoms with E-state index in [2.05, 4.69) is 29.2 Å². The summed E-state index contributed by atoms with van der Waals surface area (Å²) in [5, 5.41) is 9.21. The molecule has 23 heavy (non-hydrogen) atoms. The summed E-state index contributed by atoms with van der Waals surface area (Å²) in [6.45, 7) is 3.74. The van der Waals surface area contributed by atoms with Gasteiger partial charge in [0.2, 0.25) is 0 Å². The Morgan fingerprint density at radius 1 is 1.35 bits per heavy atom. The molecule has 0 saturated heterocycles. The summed E-state index contributed by atoms with van der Waals surface area (Å²) in [5.41, 5.74) is 2.79. The highest BCUT2D eigenvalue weighted by atomic mass is 32.2. The van der Waals surface area contributed by atoms with Crippen LogP contribution >= 0.6 is 0 Å². The minimum atomic E-state index is -2.96. The largest absolute Gasteiger partial charge is 0.396 e. The lowest BCUT2D eigenvalue weighted by Gasteiger charge is -2.37. The number of fused-ring (bicyclic) bond motifs is 1. The lowest BCUT2D eigenvalue weighted by atomic mass is 9.86. The average molecular weight is 340 g/mol. The molecule has 130 valence electrons. The van der Waals surface area contributed by atoms with Gasteiger partial charge in [0.05, 0.1) is 5.75 Å². The van der Waals surface area contributed by atoms with Crippen molar-refractivity contribution >= 4 is 9.84 Å². The monoisotopic (exact) mass is 339 g/mol. The highest BCUT2D eigenvalue weighted by Crippen LogP contribution is 2.34. The molecular weight excluding hydrogens is 310 g/mol. The highest BCUT2D eigenvalue weighted by Gasteiger charge is 2.27. The molecule has 2 atom stereocenters. The zero-order valence-electron chi connectivity index (χ0n) is 14.2. The van der Waals surface area contributed by atoms with E-state index in [-0.39, 0.29) is 18.3 Å². The Balaban J connectivity index is 2.15. The summed E-state index contributed by atoms with van der Waals surface area (Å²) < 4.78 is 23.1. The summed E-state index contributed by atoms with van der Waals surface area (Å²) >= 11 is 0. The van der Waals surface area contributed by atoms with E-state index in [9.17, 15) is 13.5 Å². The van der Waals surface area contributed by atoms with E-state index in [0.717, 1.165) is 38.8 Å². The minimum absolute atomic E-state index is 0.0952. The maximum absolute atomic E-state index is 11.6. The molecule has 1 aromatic rings. The van der Waals surface area contributed by atoms with Crippen LogP contribution in [0.25, 0.3) is 0 Å². The summed E-state index contributed by atoms with van der Waals surface area (Å²) in [7, 11) is -2.96. The van der Waals surface area contributed by atoms with Crippen molar-refractivity contribution in [2.24, 2.45) is 5.92 Å². The van der Waals surface area contributed by atoms with Crippen molar-refractivity contribution in [2.75, 3.05) is 31.7 Å². The Kier molecular flexibility index (Phi) is 6.62. The molecule has 1 N–H and O–H groups in total. The molecule has 0 aliphatic heterocycles. The number of benzene rings is 1. The van der Waals surface area contributed by atoms with Crippen LogP contribution in [-0.4, -0.2) is 50.1 Å². The number of aliphatic hydroxyl groups is 1. The molecule has 1 aromatic carbocycles. The molecule has 0 spiro atoms. The smallest absolute Gasteiger partial charge is 0.147 e. The van der Waals surface area contributed by atoms with Gasteiger partial charge in [-0.25, -0.2) is 8.42 Å². The molecule has 0 fully saturated rings. The maximum Gasteiger partial charge on any atom is 0.147 e. The van der Waals surface area contributed by atoms with Crippen LogP contribution in [0.5, 0.6) is 0 Å². The lowest BCUT2D eigenvalue weighted by Crippen LogP contribution is -2.37. The van der Waals surface area contributed by atoms with Crippen molar-refractivity contribution in [2.45, 2.75) is 38.6 Å². The molecule has 0 heterocycles. The highest BCUT2D eigenvalue weighted by molar-refractivity contribution is 7.90. The molecule has 0 radical (unpaired) electrons. The van der Waals surface area contributed by atoms with Crippen LogP contribution in [0.4, 0.5) is 0 Å². The molecule has 1 aliphatic carbocycles. The van der Waals surface area contributed by atoms with E-state index in [1.807, 2.05) is 6.92 Å². The Bertz CT molecular complexity index is 600. The maximum atomic E-state index is 11.6. The van der Waals surface area contributed by atoms with Gasteiger partial charge in [0.1, 0.15) is 9.84 Å². The second-order valence-electron chi connectivity index (χ2n) is 6.88. The zero-order valence-corrected chi connectivity index (χ0v) is 15.1. The third-order valence-corrected chi connectivity index (χ3v) is 5.69. The summed E-state index contributed by atoms with van der Waals surface area (Å²) in [5.74, 6) is 0.314. The van der Waals surface area contributed by atoms with Crippen LogP contribution in [0.3, 0.4) is 0 Å². The van der Waals surface area contributed by atoms with Gasteiger partial charge in [0.25, 0.3) is 0 Å². The van der Waals surface area contributed by atoms with Gasteiger partial charge in [0, 0.05) is 32.0 Å². The quantitative estimate of drug-likeness (QED) is 0.790. The summed E-state index contributed by atoms with van der Waals surface area (Å²) in [6, 6.07) is 8.92. The zero-order chi connectivity index (χ0) is 16.9. The standard InChI is InChI=1S/C18H29NO3S/c1-15(14-23(2,21)22)13-19(11-6-12-20)18-10-5-8-16-7-3-4-9-17(16)18/h3-4,7,9,15,18,20H,5-6,8,10-14H2,1-2H3. The molecule has 0 bridgehead atoms. The molecule has 0 saturated carbocycles. The fraction of sp³-hybridized carbons (Fsp3) is 0.667. The van der Waals surface area contributed by atoms with E-state index in [0.29, 0.717) is 6.04 Å². The van der Waals surface area contributed by atoms with Crippen molar-refractivity contribution in [3.63, 3.8) is 0 Å². The van der Waals surface area contributed by atoms with Gasteiger partial charge in [-0.15, -0.1) is 0 Å². The van der Waals surface area contributed by atoms with E-state index >= 15 is 0 Å². The van der Waals surface area contributed by atoms with Crippen molar-refractivity contribution in [3.8, 4) is 0 Å². The first-order chi connectivity index (χ1) is 10.9. The molecule has 1 aliphatic rings. The Labute approximate surface area is 140 Å². The summed E-state index contributed by atoms with van der Waals surface area (Å²) in [6.07, 6.45) is 5.42. The van der Waals surface area contributed by atoms with Crippen molar-refractivity contribution < 1.29 is 13.5 Å². The van der Waals surface area contributed by atoms with Crippen molar-refractivity contribution in [1.29, 1.82) is 0 Å². The number of hydrogen-bond donors (Lipinski definition) is 1. The van der Waals surface area contributed by atoms with Crippen LogP contribution in [-0.2, 0) is 16.3 Å². The van der Waals surface area contributed by atoms with Crippen LogP contribution in [0, 0.1) is 5.92 Å². The van der Waals surface area contributed by atoms with E-state index < -0.39 is 9.84 Å². The van der Waals surface area contributed by atoms with Crippen molar-refractivity contribution in [1.82, 2.24) is 4.90 Å². The number of aliphatic hydroxyl groups excluding tert-OH is 1. The second kappa shape index (κ2) is 8.27. The Morgan fingerprint density at radius 3 is 2.78 bits per heavy atom. The van der Waals surface area contributed by atoms with Crippen LogP contribution in [0.15, 0.2) is 24.3 Å². The van der Waals surface area contributed by atoms with Gasteiger partial charge in [0.15, 0.2) is 0 Å². The van der Waals surface area contributed by atoms with Crippen LogP contribution in [0.2, 0.25) is 0 Å². The van der Waals surface area contributed by atoms with Crippen molar-refractivity contribution in [3.05, 3.63) is 35.4 Å². The van der Waals surface area contributed by atoms with Gasteiger partial charge in [-0.2, -0.15) is 0 Å². The molecular formula is C18H29NO3S. The topological polar surface area (TPSA) is 57.6 Å². The molecule has 0 aromatic heterocycles. The fourth-order valence-electron chi connectivity index (χ4n) is 3.73. The number of hydrogen-bond acceptors (Lipinski definition) is 4. The van der Waals surface area contributed by atoms with Crippen LogP contribution < -0.4 is 0 Å². The van der Waals surface area contributed by atoms with Gasteiger partial charge in [-0.3, -0.25) is 4.90 Å². The van der Waals surface area contributed by atoms with E-state index in [1.165, 1.54) is 17.4 Å². The first kappa shape index (κ1) is 18.4. The number of rotatable bonds is 8. The fourth-order valence-corrected chi connectivity index (χ4v) is 4.86. The third kappa shape index (κ3) is 5.59. The average Bonchev–Trinajstić information content (AvgIpc) is 2.49. The van der Waals surface area contributed by atoms with Crippen LogP contribution in [0.1, 0.15) is 43.4 Å². The molecule has 0 amide bonds. The SMILES string of the molecule is CC(CN(CCCO)C1CCCc2ccccc21)CS(C)(=O)=O. The number of aryl methyl sites for hydroxylation is 1. The van der Waals surface area contributed by atoms with Gasteiger partial charge >= 0.3 is 0 Å². The second-order valence-corrected chi connectivity index (χ2v) is 9.06. The summed E-state index contributed by atoms with van der Waals surface area (Å²) in [4.78, 5) is 2.38. The lowest BCUT2D eigenvalue weighted by molar-refractivity contribution is 0.144. The minimum Gasteiger partial charge on any atom is -0.396 e. The van der Waals surface area contributed by atoms with Gasteiger partial charge in [-0.05, 0) is 42.7 Å². The molecule has 5 heteroatoms. The van der Waals surface area contributed by atoms with E-state index in [4.69, 9.17) is 0 Å². The number of nitrogens with zero attached hydrogens (tertiary/aromatic N) is 1. The van der Waals surface area contributed by atoms with Gasteiger partial charge in [-0.1, -0.05) is 31.2 Å².